The van der Waals surface area contributed by atoms with Crippen molar-refractivity contribution < 1.29 is 13.7 Å². The average Bonchev–Trinajstić information content (AvgIpc) is 3.25. The molecule has 4 rings (SSSR count). The van der Waals surface area contributed by atoms with Crippen molar-refractivity contribution in [2.24, 2.45) is 0 Å². The molecule has 0 bridgehead atoms. The van der Waals surface area contributed by atoms with Crippen LogP contribution in [0.3, 0.4) is 0 Å². The molecule has 1 atom stereocenters. The SMILES string of the molecule is O=C1CC(c2nc(-c3ccc(Br)cc3)no2)CN1c1cc(Cl)ccc1F. The fourth-order valence-corrected chi connectivity index (χ4v) is 3.35. The van der Waals surface area contributed by atoms with Gasteiger partial charge in [-0.25, -0.2) is 4.39 Å². The third-order valence-corrected chi connectivity index (χ3v) is 4.98. The van der Waals surface area contributed by atoms with Gasteiger partial charge in [0, 0.05) is 28.0 Å². The summed E-state index contributed by atoms with van der Waals surface area (Å²) < 4.78 is 20.4. The number of rotatable bonds is 3. The van der Waals surface area contributed by atoms with E-state index in [9.17, 15) is 9.18 Å². The van der Waals surface area contributed by atoms with Crippen molar-refractivity contribution in [3.63, 3.8) is 0 Å². The largest absolute Gasteiger partial charge is 0.339 e. The molecule has 0 aliphatic carbocycles. The maximum atomic E-state index is 14.1. The van der Waals surface area contributed by atoms with Crippen molar-refractivity contribution in [3.05, 3.63) is 63.7 Å². The van der Waals surface area contributed by atoms with Gasteiger partial charge in [0.05, 0.1) is 11.6 Å². The van der Waals surface area contributed by atoms with Gasteiger partial charge in [0.1, 0.15) is 5.82 Å². The van der Waals surface area contributed by atoms with Crippen molar-refractivity contribution in [2.75, 3.05) is 11.4 Å². The van der Waals surface area contributed by atoms with Gasteiger partial charge in [-0.3, -0.25) is 4.79 Å². The van der Waals surface area contributed by atoms with Crippen LogP contribution < -0.4 is 4.90 Å². The number of nitrogens with zero attached hydrogens (tertiary/aromatic N) is 3. The summed E-state index contributed by atoms with van der Waals surface area (Å²) in [7, 11) is 0. The molecular weight excluding hydrogens is 425 g/mol. The van der Waals surface area contributed by atoms with E-state index in [0.717, 1.165) is 10.0 Å². The van der Waals surface area contributed by atoms with Crippen LogP contribution in [0.15, 0.2) is 51.5 Å². The zero-order valence-electron chi connectivity index (χ0n) is 13.3. The molecule has 0 radical (unpaired) electrons. The third kappa shape index (κ3) is 3.24. The number of aromatic nitrogens is 2. The highest BCUT2D eigenvalue weighted by atomic mass is 79.9. The van der Waals surface area contributed by atoms with Gasteiger partial charge in [-0.1, -0.05) is 32.7 Å². The Labute approximate surface area is 161 Å². The summed E-state index contributed by atoms with van der Waals surface area (Å²) in [4.78, 5) is 18.1. The van der Waals surface area contributed by atoms with Gasteiger partial charge >= 0.3 is 0 Å². The van der Waals surface area contributed by atoms with Crippen LogP contribution in [0.25, 0.3) is 11.4 Å². The maximum absolute atomic E-state index is 14.1. The summed E-state index contributed by atoms with van der Waals surface area (Å²) in [6.45, 7) is 0.262. The molecule has 0 spiro atoms. The molecule has 1 saturated heterocycles. The van der Waals surface area contributed by atoms with Crippen LogP contribution >= 0.6 is 27.5 Å². The van der Waals surface area contributed by atoms with Crippen LogP contribution in [0.5, 0.6) is 0 Å². The predicted octanol–water partition coefficient (Wildman–Crippen LogP) is 4.81. The summed E-state index contributed by atoms with van der Waals surface area (Å²) in [6, 6.07) is 11.6. The van der Waals surface area contributed by atoms with E-state index in [-0.39, 0.29) is 30.5 Å². The molecule has 1 aromatic heterocycles. The highest BCUT2D eigenvalue weighted by Gasteiger charge is 2.36. The molecule has 2 heterocycles. The number of carbonyl (C=O) groups is 1. The second kappa shape index (κ2) is 6.81. The maximum Gasteiger partial charge on any atom is 0.232 e. The normalized spacial score (nSPS) is 17.1. The summed E-state index contributed by atoms with van der Waals surface area (Å²) in [6.07, 6.45) is 0.175. The number of hydrogen-bond donors (Lipinski definition) is 0. The number of benzene rings is 2. The molecule has 0 N–H and O–H groups in total. The van der Waals surface area contributed by atoms with E-state index in [1.807, 2.05) is 24.3 Å². The highest BCUT2D eigenvalue weighted by Crippen LogP contribution is 2.34. The van der Waals surface area contributed by atoms with Gasteiger partial charge in [-0.2, -0.15) is 4.98 Å². The molecule has 132 valence electrons. The Morgan fingerprint density at radius 3 is 2.77 bits per heavy atom. The molecule has 1 unspecified atom stereocenters. The summed E-state index contributed by atoms with van der Waals surface area (Å²) in [5.41, 5.74) is 0.975. The zero-order valence-corrected chi connectivity index (χ0v) is 15.7. The second-order valence-corrected chi connectivity index (χ2v) is 7.32. The molecule has 26 heavy (non-hydrogen) atoms. The summed E-state index contributed by atoms with van der Waals surface area (Å²) in [5.74, 6) is -0.185. The van der Waals surface area contributed by atoms with Crippen LogP contribution in [-0.4, -0.2) is 22.6 Å². The first kappa shape index (κ1) is 17.2. The monoisotopic (exact) mass is 435 g/mol. The van der Waals surface area contributed by atoms with Crippen molar-refractivity contribution in [2.45, 2.75) is 12.3 Å². The van der Waals surface area contributed by atoms with Gasteiger partial charge in [0.2, 0.25) is 17.6 Å². The lowest BCUT2D eigenvalue weighted by atomic mass is 10.1. The van der Waals surface area contributed by atoms with Crippen LogP contribution in [-0.2, 0) is 4.79 Å². The van der Waals surface area contributed by atoms with E-state index >= 15 is 0 Å². The van der Waals surface area contributed by atoms with Gasteiger partial charge in [-0.15, -0.1) is 0 Å². The van der Waals surface area contributed by atoms with E-state index in [2.05, 4.69) is 26.1 Å². The van der Waals surface area contributed by atoms with E-state index in [1.165, 1.54) is 23.1 Å². The van der Waals surface area contributed by atoms with Gasteiger partial charge in [-0.05, 0) is 42.5 Å². The molecule has 0 saturated carbocycles. The Morgan fingerprint density at radius 1 is 1.23 bits per heavy atom. The minimum absolute atomic E-state index is 0.164. The molecule has 3 aromatic rings. The molecule has 8 heteroatoms. The van der Waals surface area contributed by atoms with Crippen molar-refractivity contribution in [3.8, 4) is 11.4 Å². The summed E-state index contributed by atoms with van der Waals surface area (Å²) in [5, 5.41) is 4.36. The highest BCUT2D eigenvalue weighted by molar-refractivity contribution is 9.10. The topological polar surface area (TPSA) is 59.2 Å². The first-order chi connectivity index (χ1) is 12.5. The van der Waals surface area contributed by atoms with Crippen LogP contribution in [0.2, 0.25) is 5.02 Å². The fraction of sp³-hybridized carbons (Fsp3) is 0.167. The average molecular weight is 437 g/mol. The first-order valence-electron chi connectivity index (χ1n) is 7.86. The molecule has 5 nitrogen and oxygen atoms in total. The smallest absolute Gasteiger partial charge is 0.232 e. The van der Waals surface area contributed by atoms with Gasteiger partial charge in [0.15, 0.2) is 0 Å². The fourth-order valence-electron chi connectivity index (χ4n) is 2.92. The molecule has 1 aliphatic rings. The summed E-state index contributed by atoms with van der Waals surface area (Å²) >= 11 is 9.31. The molecular formula is C18H12BrClFN3O2. The lowest BCUT2D eigenvalue weighted by Gasteiger charge is -2.17. The molecule has 1 aliphatic heterocycles. The minimum atomic E-state index is -0.496. The predicted molar refractivity (Wildman–Crippen MR) is 98.6 cm³/mol. The standard InChI is InChI=1S/C18H12BrClFN3O2/c19-12-3-1-10(2-4-12)17-22-18(26-23-17)11-7-16(25)24(9-11)15-8-13(20)5-6-14(15)21/h1-6,8,11H,7,9H2. The molecule has 1 fully saturated rings. The second-order valence-electron chi connectivity index (χ2n) is 5.96. The molecule has 1 amide bonds. The van der Waals surface area contributed by atoms with E-state index < -0.39 is 5.82 Å². The number of anilines is 1. The Kier molecular flexibility index (Phi) is 4.50. The van der Waals surface area contributed by atoms with Crippen molar-refractivity contribution >= 4 is 39.1 Å². The first-order valence-corrected chi connectivity index (χ1v) is 9.03. The Balaban J connectivity index is 1.58. The number of amides is 1. The van der Waals surface area contributed by atoms with Crippen LogP contribution in [0.4, 0.5) is 10.1 Å². The van der Waals surface area contributed by atoms with Crippen molar-refractivity contribution in [1.82, 2.24) is 10.1 Å². The lowest BCUT2D eigenvalue weighted by Crippen LogP contribution is -2.25. The van der Waals surface area contributed by atoms with Crippen LogP contribution in [0, 0.1) is 5.82 Å². The number of halogens is 3. The number of carbonyl (C=O) groups excluding carboxylic acids is 1. The van der Waals surface area contributed by atoms with Gasteiger partial charge < -0.3 is 9.42 Å². The third-order valence-electron chi connectivity index (χ3n) is 4.22. The van der Waals surface area contributed by atoms with Crippen LogP contribution in [0.1, 0.15) is 18.2 Å². The zero-order chi connectivity index (χ0) is 18.3. The lowest BCUT2D eigenvalue weighted by molar-refractivity contribution is -0.117. The molecule has 2 aromatic carbocycles. The van der Waals surface area contributed by atoms with E-state index in [1.54, 1.807) is 0 Å². The van der Waals surface area contributed by atoms with E-state index in [4.69, 9.17) is 16.1 Å². The quantitative estimate of drug-likeness (QED) is 0.591. The van der Waals surface area contributed by atoms with Crippen molar-refractivity contribution in [1.29, 1.82) is 0 Å². The minimum Gasteiger partial charge on any atom is -0.339 e. The Morgan fingerprint density at radius 2 is 2.00 bits per heavy atom. The number of hydrogen-bond acceptors (Lipinski definition) is 4. The van der Waals surface area contributed by atoms with Gasteiger partial charge in [0.25, 0.3) is 0 Å². The van der Waals surface area contributed by atoms with E-state index in [0.29, 0.717) is 16.7 Å². The Hall–Kier alpha value is -2.25. The Bertz CT molecular complexity index is 977.